The molecule has 234 valence electrons. The quantitative estimate of drug-likeness (QED) is 0.189. The van der Waals surface area contributed by atoms with E-state index in [0.29, 0.717) is 39.1 Å². The minimum Gasteiger partial charge on any atom is -0.465 e. The van der Waals surface area contributed by atoms with E-state index in [2.05, 4.69) is 10.3 Å². The molecule has 3 aromatic rings. The number of carbonyl (C=O) groups excluding carboxylic acids is 2. The van der Waals surface area contributed by atoms with E-state index >= 15 is 0 Å². The summed E-state index contributed by atoms with van der Waals surface area (Å²) in [5.41, 5.74) is 1.42. The second kappa shape index (κ2) is 18.1. The first-order chi connectivity index (χ1) is 20.5. The molecule has 3 N–H and O–H groups in total. The first-order valence-electron chi connectivity index (χ1n) is 13.7. The van der Waals surface area contributed by atoms with E-state index in [-0.39, 0.29) is 41.8 Å². The number of methoxy groups -OCH3 is 2. The monoisotopic (exact) mass is 601 g/mol. The summed E-state index contributed by atoms with van der Waals surface area (Å²) in [4.78, 5) is 52.8. The molecule has 0 spiro atoms. The number of anilines is 1. The largest absolute Gasteiger partial charge is 0.465 e. The zero-order chi connectivity index (χ0) is 31.8. The minimum atomic E-state index is -0.941. The van der Waals surface area contributed by atoms with Gasteiger partial charge in [0.1, 0.15) is 11.5 Å². The molecular weight excluding hydrogens is 561 g/mol. The number of nitrogens with one attached hydrogen (secondary N) is 2. The van der Waals surface area contributed by atoms with E-state index in [1.54, 1.807) is 50.6 Å². The van der Waals surface area contributed by atoms with Crippen LogP contribution in [-0.4, -0.2) is 97.0 Å². The summed E-state index contributed by atoms with van der Waals surface area (Å²) in [6.07, 6.45) is 5.30. The first-order valence-corrected chi connectivity index (χ1v) is 13.7. The highest BCUT2D eigenvalue weighted by Gasteiger charge is 2.11. The van der Waals surface area contributed by atoms with Gasteiger partial charge in [-0.05, 0) is 55.3 Å². The number of H-pyrrole nitrogens is 1. The number of likely N-dealkylation sites (N-methyl/N-ethyl adjacent to an activating group) is 1. The molecule has 0 fully saturated rings. The highest BCUT2D eigenvalue weighted by molar-refractivity contribution is 5.90. The van der Waals surface area contributed by atoms with Crippen molar-refractivity contribution in [2.24, 2.45) is 0 Å². The second-order valence-corrected chi connectivity index (χ2v) is 9.71. The van der Waals surface area contributed by atoms with Gasteiger partial charge in [0, 0.05) is 70.6 Å². The summed E-state index contributed by atoms with van der Waals surface area (Å²) in [5.74, 6) is -0.683. The van der Waals surface area contributed by atoms with Crippen LogP contribution in [0.15, 0.2) is 59.5 Å². The topological polar surface area (TPSA) is 146 Å². The summed E-state index contributed by atoms with van der Waals surface area (Å²) in [6.45, 7) is 1.86. The molecule has 0 saturated carbocycles. The number of rotatable bonds is 14. The van der Waals surface area contributed by atoms with Crippen molar-refractivity contribution < 1.29 is 33.4 Å². The predicted octanol–water partition coefficient (Wildman–Crippen LogP) is 3.53. The van der Waals surface area contributed by atoms with Crippen molar-refractivity contribution in [2.45, 2.75) is 25.8 Å². The average Bonchev–Trinajstić information content (AvgIpc) is 3.36. The number of amides is 3. The highest BCUT2D eigenvalue weighted by atomic mass is 19.1. The van der Waals surface area contributed by atoms with Crippen molar-refractivity contribution >= 4 is 34.5 Å². The van der Waals surface area contributed by atoms with Gasteiger partial charge in [-0.25, -0.2) is 9.18 Å². The van der Waals surface area contributed by atoms with Crippen molar-refractivity contribution in [2.75, 3.05) is 59.9 Å². The Hall–Kier alpha value is -4.49. The summed E-state index contributed by atoms with van der Waals surface area (Å²) in [6, 6.07) is 9.51. The van der Waals surface area contributed by atoms with Gasteiger partial charge >= 0.3 is 6.09 Å². The van der Waals surface area contributed by atoms with E-state index in [4.69, 9.17) is 14.6 Å². The maximum absolute atomic E-state index is 13.4. The highest BCUT2D eigenvalue weighted by Crippen LogP contribution is 2.17. The van der Waals surface area contributed by atoms with Crippen molar-refractivity contribution in [1.29, 1.82) is 0 Å². The van der Waals surface area contributed by atoms with E-state index in [1.165, 1.54) is 46.8 Å². The molecule has 0 radical (unpaired) electrons. The van der Waals surface area contributed by atoms with E-state index in [0.717, 1.165) is 16.6 Å². The zero-order valence-corrected chi connectivity index (χ0v) is 25.0. The Bertz CT molecular complexity index is 1430. The average molecular weight is 602 g/mol. The third kappa shape index (κ3) is 12.1. The van der Waals surface area contributed by atoms with Crippen LogP contribution in [0.5, 0.6) is 0 Å². The number of fused-ring (bicyclic) bond motifs is 1. The maximum atomic E-state index is 13.4. The molecule has 2 heterocycles. The van der Waals surface area contributed by atoms with E-state index < -0.39 is 6.09 Å². The van der Waals surface area contributed by atoms with Crippen LogP contribution >= 0.6 is 0 Å². The van der Waals surface area contributed by atoms with Crippen molar-refractivity contribution in [3.8, 4) is 0 Å². The van der Waals surface area contributed by atoms with Gasteiger partial charge in [-0.2, -0.15) is 0 Å². The van der Waals surface area contributed by atoms with Gasteiger partial charge in [-0.1, -0.05) is 6.08 Å². The molecule has 0 saturated heterocycles. The number of unbranched alkanes of at least 4 members (excludes halogenated alkanes) is 1. The first kappa shape index (κ1) is 34.7. The lowest BCUT2D eigenvalue weighted by Crippen LogP contribution is -2.35. The van der Waals surface area contributed by atoms with Crippen LogP contribution in [0.25, 0.3) is 10.9 Å². The molecule has 0 aliphatic rings. The summed E-state index contributed by atoms with van der Waals surface area (Å²) < 4.78 is 24.4. The number of nitrogens with zero attached hydrogens (tertiary/aromatic N) is 3. The van der Waals surface area contributed by atoms with E-state index in [9.17, 15) is 23.6 Å². The molecule has 3 rings (SSSR count). The predicted molar refractivity (Wildman–Crippen MR) is 162 cm³/mol. The van der Waals surface area contributed by atoms with E-state index in [1.807, 2.05) is 0 Å². The standard InChI is InChI=1S/C23H25FN4O3.C7H15NO4/c1-27(2)22(30)9-5-3-4-8-21(29)26-20-7-6-12-28(23(20)31)15-18-14-16-13-17(24)10-11-19(16)25-18;1-11-5-3-8(7(9)10)4-6-12-2/h5-7,9-14,25H,3-4,8,15H2,1-2H3,(H,26,29);3-6H2,1-2H3,(H,9,10)/b9-5+;. The van der Waals surface area contributed by atoms with Crippen LogP contribution in [0.2, 0.25) is 0 Å². The smallest absolute Gasteiger partial charge is 0.407 e. The number of aromatic amines is 1. The molecule has 12 nitrogen and oxygen atoms in total. The SMILES string of the molecule is CN(C)C(=O)/C=C/CCCC(=O)Nc1cccn(Cc2cc3cc(F)ccc3[nH]2)c1=O.COCCN(CCOC)C(=O)O. The van der Waals surface area contributed by atoms with Gasteiger partial charge in [-0.3, -0.25) is 14.4 Å². The lowest BCUT2D eigenvalue weighted by atomic mass is 10.2. The molecule has 43 heavy (non-hydrogen) atoms. The lowest BCUT2D eigenvalue weighted by Gasteiger charge is -2.17. The molecule has 13 heteroatoms. The minimum absolute atomic E-state index is 0.102. The Morgan fingerprint density at radius 3 is 2.42 bits per heavy atom. The third-order valence-electron chi connectivity index (χ3n) is 6.15. The van der Waals surface area contributed by atoms with Gasteiger partial charge < -0.3 is 39.2 Å². The second-order valence-electron chi connectivity index (χ2n) is 9.71. The number of carboxylic acid groups (broad SMARTS) is 1. The number of hydrogen-bond donors (Lipinski definition) is 3. The molecule has 0 aliphatic carbocycles. The zero-order valence-electron chi connectivity index (χ0n) is 25.0. The Labute approximate surface area is 249 Å². The fraction of sp³-hybridized carbons (Fsp3) is 0.400. The number of halogens is 1. The molecule has 0 bridgehead atoms. The molecule has 0 atom stereocenters. The number of pyridine rings is 1. The number of carbonyl (C=O) groups is 3. The molecule has 0 unspecified atom stereocenters. The molecule has 2 aromatic heterocycles. The van der Waals surface area contributed by atoms with Gasteiger partial charge in [0.05, 0.1) is 19.8 Å². The fourth-order valence-corrected chi connectivity index (χ4v) is 3.82. The van der Waals surface area contributed by atoms with Crippen LogP contribution < -0.4 is 10.9 Å². The van der Waals surface area contributed by atoms with Gasteiger partial charge in [0.25, 0.3) is 5.56 Å². The number of benzene rings is 1. The van der Waals surface area contributed by atoms with Crippen LogP contribution in [0.3, 0.4) is 0 Å². The maximum Gasteiger partial charge on any atom is 0.407 e. The molecule has 1 aromatic carbocycles. The Morgan fingerprint density at radius 2 is 1.79 bits per heavy atom. The number of aromatic nitrogens is 2. The van der Waals surface area contributed by atoms with Crippen LogP contribution in [0.1, 0.15) is 25.0 Å². The molecule has 0 aliphatic heterocycles. The Morgan fingerprint density at radius 1 is 1.09 bits per heavy atom. The van der Waals surface area contributed by atoms with Crippen molar-refractivity contribution in [3.05, 3.63) is 76.6 Å². The summed E-state index contributed by atoms with van der Waals surface area (Å²) in [5, 5.41) is 12.0. The van der Waals surface area contributed by atoms with Crippen LogP contribution in [0, 0.1) is 5.82 Å². The normalized spacial score (nSPS) is 10.8. The van der Waals surface area contributed by atoms with Crippen molar-refractivity contribution in [1.82, 2.24) is 19.4 Å². The number of ether oxygens (including phenoxy) is 2. The van der Waals surface area contributed by atoms with Gasteiger partial charge in [-0.15, -0.1) is 0 Å². The third-order valence-corrected chi connectivity index (χ3v) is 6.15. The summed E-state index contributed by atoms with van der Waals surface area (Å²) in [7, 11) is 6.42. The number of allylic oxidation sites excluding steroid dienone is 1. The van der Waals surface area contributed by atoms with Gasteiger partial charge in [0.2, 0.25) is 11.8 Å². The Balaban J connectivity index is 0.000000455. The van der Waals surface area contributed by atoms with Crippen LogP contribution in [-0.2, 0) is 25.6 Å². The molecular formula is C30H40FN5O7. The van der Waals surface area contributed by atoms with Crippen molar-refractivity contribution in [3.63, 3.8) is 0 Å². The fourth-order valence-electron chi connectivity index (χ4n) is 3.82. The van der Waals surface area contributed by atoms with Crippen LogP contribution in [0.4, 0.5) is 14.9 Å². The van der Waals surface area contributed by atoms with Gasteiger partial charge in [0.15, 0.2) is 0 Å². The number of hydrogen-bond acceptors (Lipinski definition) is 6. The molecule has 3 amide bonds. The summed E-state index contributed by atoms with van der Waals surface area (Å²) >= 11 is 0. The Kier molecular flexibility index (Phi) is 14.6. The lowest BCUT2D eigenvalue weighted by molar-refractivity contribution is -0.123.